The van der Waals surface area contributed by atoms with Crippen LogP contribution in [-0.4, -0.2) is 34.0 Å². The number of benzene rings is 1. The average Bonchev–Trinajstić information content (AvgIpc) is 2.43. The van der Waals surface area contributed by atoms with Crippen molar-refractivity contribution in [2.45, 2.75) is 19.9 Å². The van der Waals surface area contributed by atoms with Gasteiger partial charge in [0.05, 0.1) is 26.9 Å². The van der Waals surface area contributed by atoms with Gasteiger partial charge in [-0.25, -0.2) is 0 Å². The zero-order valence-corrected chi connectivity index (χ0v) is 13.5. The molecule has 1 aromatic rings. The van der Waals surface area contributed by atoms with Crippen LogP contribution in [0.25, 0.3) is 0 Å². The summed E-state index contributed by atoms with van der Waals surface area (Å²) in [5.74, 6) is 1.54. The summed E-state index contributed by atoms with van der Waals surface area (Å²) in [5.41, 5.74) is 1.06. The number of nitrogens with one attached hydrogen (secondary N) is 1. The first-order valence-electron chi connectivity index (χ1n) is 6.41. The Balaban J connectivity index is 3.10. The van der Waals surface area contributed by atoms with E-state index in [1.807, 2.05) is 19.1 Å². The lowest BCUT2D eigenvalue weighted by Crippen LogP contribution is -2.26. The Kier molecular flexibility index (Phi) is 7.20. The van der Waals surface area contributed by atoms with Crippen molar-refractivity contribution >= 4 is 15.9 Å². The molecule has 0 fully saturated rings. The fourth-order valence-corrected chi connectivity index (χ4v) is 2.62. The van der Waals surface area contributed by atoms with Crippen LogP contribution in [0.4, 0.5) is 0 Å². The lowest BCUT2D eigenvalue weighted by Gasteiger charge is -2.22. The van der Waals surface area contributed by atoms with Gasteiger partial charge in [-0.15, -0.1) is 0 Å². The minimum Gasteiger partial charge on any atom is -0.495 e. The molecule has 5 heteroatoms. The van der Waals surface area contributed by atoms with Crippen LogP contribution in [-0.2, 0) is 4.74 Å². The number of halogens is 1. The van der Waals surface area contributed by atoms with Gasteiger partial charge in [-0.2, -0.15) is 0 Å². The quantitative estimate of drug-likeness (QED) is 0.794. The second-order valence-electron chi connectivity index (χ2n) is 3.97. The number of rotatable bonds is 8. The van der Waals surface area contributed by atoms with Crippen molar-refractivity contribution in [3.8, 4) is 11.5 Å². The Bertz CT molecular complexity index is 399. The lowest BCUT2D eigenvalue weighted by molar-refractivity contribution is 0.122. The van der Waals surface area contributed by atoms with Crippen molar-refractivity contribution in [2.24, 2.45) is 0 Å². The molecule has 1 aromatic carbocycles. The van der Waals surface area contributed by atoms with E-state index >= 15 is 0 Å². The number of hydrogen-bond acceptors (Lipinski definition) is 4. The average molecular weight is 332 g/mol. The molecular formula is C14H22BrNO3. The van der Waals surface area contributed by atoms with Gasteiger partial charge >= 0.3 is 0 Å². The summed E-state index contributed by atoms with van der Waals surface area (Å²) in [6.45, 7) is 6.24. The minimum absolute atomic E-state index is 0.0992. The summed E-state index contributed by atoms with van der Waals surface area (Å²) in [4.78, 5) is 0. The van der Waals surface area contributed by atoms with Crippen LogP contribution in [0, 0.1) is 0 Å². The van der Waals surface area contributed by atoms with E-state index in [0.717, 1.165) is 28.1 Å². The van der Waals surface area contributed by atoms with Crippen LogP contribution in [0.5, 0.6) is 11.5 Å². The van der Waals surface area contributed by atoms with Gasteiger partial charge in [0, 0.05) is 12.2 Å². The zero-order chi connectivity index (χ0) is 14.3. The molecule has 1 atom stereocenters. The number of methoxy groups -OCH3 is 2. The maximum absolute atomic E-state index is 5.53. The van der Waals surface area contributed by atoms with Gasteiger partial charge in [0.2, 0.25) is 0 Å². The maximum Gasteiger partial charge on any atom is 0.141 e. The van der Waals surface area contributed by atoms with Crippen molar-refractivity contribution < 1.29 is 14.2 Å². The van der Waals surface area contributed by atoms with Crippen molar-refractivity contribution in [3.63, 3.8) is 0 Å². The molecule has 0 aromatic heterocycles. The Hall–Kier alpha value is -0.780. The smallest absolute Gasteiger partial charge is 0.141 e. The van der Waals surface area contributed by atoms with Gasteiger partial charge in [-0.05, 0) is 41.5 Å². The summed E-state index contributed by atoms with van der Waals surface area (Å²) in [6.07, 6.45) is 0. The molecule has 0 amide bonds. The van der Waals surface area contributed by atoms with E-state index < -0.39 is 0 Å². The fourth-order valence-electron chi connectivity index (χ4n) is 1.93. The van der Waals surface area contributed by atoms with Crippen LogP contribution in [0.1, 0.15) is 25.5 Å². The third-order valence-corrected chi connectivity index (χ3v) is 3.58. The van der Waals surface area contributed by atoms with Gasteiger partial charge in [-0.1, -0.05) is 6.92 Å². The molecule has 0 aliphatic rings. The van der Waals surface area contributed by atoms with Gasteiger partial charge in [0.25, 0.3) is 0 Å². The van der Waals surface area contributed by atoms with E-state index in [1.165, 1.54) is 0 Å². The van der Waals surface area contributed by atoms with Crippen LogP contribution < -0.4 is 14.8 Å². The monoisotopic (exact) mass is 331 g/mol. The normalized spacial score (nSPS) is 12.3. The largest absolute Gasteiger partial charge is 0.495 e. The molecule has 1 N–H and O–H groups in total. The lowest BCUT2D eigenvalue weighted by atomic mass is 10.1. The first kappa shape index (κ1) is 16.3. The molecule has 1 rings (SSSR count). The molecule has 0 saturated carbocycles. The van der Waals surface area contributed by atoms with Crippen LogP contribution in [0.2, 0.25) is 0 Å². The Morgan fingerprint density at radius 1 is 1.21 bits per heavy atom. The van der Waals surface area contributed by atoms with Gasteiger partial charge < -0.3 is 19.5 Å². The van der Waals surface area contributed by atoms with Gasteiger partial charge in [-0.3, -0.25) is 0 Å². The summed E-state index contributed by atoms with van der Waals surface area (Å²) in [5, 5.41) is 3.41. The summed E-state index contributed by atoms with van der Waals surface area (Å²) in [7, 11) is 3.30. The highest BCUT2D eigenvalue weighted by Gasteiger charge is 2.19. The molecule has 4 nitrogen and oxygen atoms in total. The standard InChI is InChI=1S/C14H22BrNO3/c1-5-16-11(9-19-6-2)10-7-8-12(17-3)13(15)14(10)18-4/h7-8,11,16H,5-6,9H2,1-4H3. The van der Waals surface area contributed by atoms with Gasteiger partial charge in [0.1, 0.15) is 16.0 Å². The summed E-state index contributed by atoms with van der Waals surface area (Å²) in [6, 6.07) is 4.04. The Morgan fingerprint density at radius 3 is 2.47 bits per heavy atom. The highest BCUT2D eigenvalue weighted by Crippen LogP contribution is 2.39. The van der Waals surface area contributed by atoms with Crippen molar-refractivity contribution in [1.82, 2.24) is 5.32 Å². The molecule has 0 heterocycles. The molecule has 0 bridgehead atoms. The van der Waals surface area contributed by atoms with E-state index in [2.05, 4.69) is 28.2 Å². The molecular weight excluding hydrogens is 310 g/mol. The van der Waals surface area contributed by atoms with E-state index in [0.29, 0.717) is 13.2 Å². The zero-order valence-electron chi connectivity index (χ0n) is 12.0. The molecule has 108 valence electrons. The molecule has 0 aliphatic heterocycles. The molecule has 1 unspecified atom stereocenters. The van der Waals surface area contributed by atoms with E-state index in [9.17, 15) is 0 Å². The molecule has 0 saturated heterocycles. The number of ether oxygens (including phenoxy) is 3. The second kappa shape index (κ2) is 8.40. The number of likely N-dealkylation sites (N-methyl/N-ethyl adjacent to an activating group) is 1. The topological polar surface area (TPSA) is 39.7 Å². The van der Waals surface area contributed by atoms with Crippen molar-refractivity contribution in [2.75, 3.05) is 34.0 Å². The van der Waals surface area contributed by atoms with Crippen LogP contribution in [0.3, 0.4) is 0 Å². The number of hydrogen-bond donors (Lipinski definition) is 1. The first-order chi connectivity index (χ1) is 9.19. The van der Waals surface area contributed by atoms with Gasteiger partial charge in [0.15, 0.2) is 0 Å². The highest BCUT2D eigenvalue weighted by molar-refractivity contribution is 9.10. The molecule has 0 aliphatic carbocycles. The predicted molar refractivity (Wildman–Crippen MR) is 80.2 cm³/mol. The minimum atomic E-state index is 0.0992. The first-order valence-corrected chi connectivity index (χ1v) is 7.20. The Labute approximate surface area is 123 Å². The van der Waals surface area contributed by atoms with E-state index in [4.69, 9.17) is 14.2 Å². The van der Waals surface area contributed by atoms with Crippen LogP contribution in [0.15, 0.2) is 16.6 Å². The van der Waals surface area contributed by atoms with E-state index in [1.54, 1.807) is 14.2 Å². The SMILES string of the molecule is CCNC(COCC)c1ccc(OC)c(Br)c1OC. The molecule has 0 radical (unpaired) electrons. The maximum atomic E-state index is 5.53. The fraction of sp³-hybridized carbons (Fsp3) is 0.571. The van der Waals surface area contributed by atoms with Crippen molar-refractivity contribution in [3.05, 3.63) is 22.2 Å². The van der Waals surface area contributed by atoms with Crippen LogP contribution >= 0.6 is 15.9 Å². The highest BCUT2D eigenvalue weighted by atomic mass is 79.9. The van der Waals surface area contributed by atoms with Crippen molar-refractivity contribution in [1.29, 1.82) is 0 Å². The third-order valence-electron chi connectivity index (χ3n) is 2.83. The summed E-state index contributed by atoms with van der Waals surface area (Å²) < 4.78 is 17.2. The Morgan fingerprint density at radius 2 is 1.95 bits per heavy atom. The molecule has 19 heavy (non-hydrogen) atoms. The predicted octanol–water partition coefficient (Wildman–Crippen LogP) is 3.15. The summed E-state index contributed by atoms with van der Waals surface area (Å²) >= 11 is 3.52. The third kappa shape index (κ3) is 4.09. The molecule has 0 spiro atoms. The second-order valence-corrected chi connectivity index (χ2v) is 4.77. The van der Waals surface area contributed by atoms with E-state index in [-0.39, 0.29) is 6.04 Å².